The Labute approximate surface area is 201 Å². The van der Waals surface area contributed by atoms with Gasteiger partial charge in [-0.1, -0.05) is 59.1 Å². The van der Waals surface area contributed by atoms with Gasteiger partial charge in [0.25, 0.3) is 5.56 Å². The molecule has 0 amide bonds. The summed E-state index contributed by atoms with van der Waals surface area (Å²) in [7, 11) is 0. The molecule has 0 saturated carbocycles. The number of aromatic nitrogens is 2. The summed E-state index contributed by atoms with van der Waals surface area (Å²) in [5.74, 6) is 1.46. The fourth-order valence-corrected chi connectivity index (χ4v) is 3.91. The van der Waals surface area contributed by atoms with Crippen LogP contribution in [-0.4, -0.2) is 15.9 Å². The third kappa shape index (κ3) is 5.76. The highest BCUT2D eigenvalue weighted by Crippen LogP contribution is 2.17. The molecule has 6 heteroatoms. The van der Waals surface area contributed by atoms with Gasteiger partial charge in [0, 0.05) is 10.9 Å². The van der Waals surface area contributed by atoms with E-state index in [9.17, 15) is 4.79 Å². The van der Waals surface area contributed by atoms with Crippen molar-refractivity contribution in [1.82, 2.24) is 9.66 Å². The number of hydrogen-bond acceptors (Lipinski definition) is 4. The summed E-state index contributed by atoms with van der Waals surface area (Å²) in [4.78, 5) is 17.9. The van der Waals surface area contributed by atoms with Crippen molar-refractivity contribution in [2.24, 2.45) is 5.10 Å². The van der Waals surface area contributed by atoms with Crippen molar-refractivity contribution >= 4 is 33.0 Å². The van der Waals surface area contributed by atoms with Gasteiger partial charge in [-0.05, 0) is 66.9 Å². The molecule has 3 aromatic carbocycles. The van der Waals surface area contributed by atoms with Gasteiger partial charge in [0.2, 0.25) is 0 Å². The molecule has 0 unspecified atom stereocenters. The van der Waals surface area contributed by atoms with Crippen LogP contribution in [0.25, 0.3) is 10.9 Å². The van der Waals surface area contributed by atoms with Crippen LogP contribution in [0.5, 0.6) is 5.75 Å². The maximum atomic E-state index is 13.2. The lowest BCUT2D eigenvalue weighted by molar-refractivity contribution is 0.306. The Balaban J connectivity index is 1.55. The van der Waals surface area contributed by atoms with Crippen LogP contribution in [0.1, 0.15) is 42.3 Å². The maximum Gasteiger partial charge on any atom is 0.282 e. The Morgan fingerprint density at radius 2 is 1.91 bits per heavy atom. The van der Waals surface area contributed by atoms with Crippen LogP contribution >= 0.6 is 15.9 Å². The molecule has 0 aliphatic carbocycles. The highest BCUT2D eigenvalue weighted by Gasteiger charge is 2.11. The summed E-state index contributed by atoms with van der Waals surface area (Å²) >= 11 is 3.44. The average molecular weight is 504 g/mol. The molecule has 0 N–H and O–H groups in total. The molecule has 5 nitrogen and oxygen atoms in total. The van der Waals surface area contributed by atoms with Crippen LogP contribution in [0.15, 0.2) is 81.1 Å². The molecular formula is C27H26BrN3O2. The monoisotopic (exact) mass is 503 g/mol. The van der Waals surface area contributed by atoms with Crippen molar-refractivity contribution in [2.75, 3.05) is 0 Å². The highest BCUT2D eigenvalue weighted by molar-refractivity contribution is 9.10. The van der Waals surface area contributed by atoms with Crippen molar-refractivity contribution in [3.63, 3.8) is 0 Å². The first-order valence-corrected chi connectivity index (χ1v) is 11.9. The first kappa shape index (κ1) is 22.9. The zero-order chi connectivity index (χ0) is 23.2. The van der Waals surface area contributed by atoms with Crippen LogP contribution in [0.2, 0.25) is 0 Å². The summed E-state index contributed by atoms with van der Waals surface area (Å²) in [6, 6.07) is 21.5. The number of halogens is 1. The van der Waals surface area contributed by atoms with Gasteiger partial charge in [0.1, 0.15) is 18.2 Å². The summed E-state index contributed by atoms with van der Waals surface area (Å²) in [5, 5.41) is 5.05. The van der Waals surface area contributed by atoms with Gasteiger partial charge in [0.05, 0.1) is 17.1 Å². The number of ether oxygens (including phenoxy) is 1. The normalized spacial score (nSPS) is 11.4. The number of nitrogens with zero attached hydrogens (tertiary/aromatic N) is 3. The summed E-state index contributed by atoms with van der Waals surface area (Å²) in [6.07, 6.45) is 4.34. The first-order valence-electron chi connectivity index (χ1n) is 11.1. The van der Waals surface area contributed by atoms with E-state index in [1.165, 1.54) is 10.2 Å². The van der Waals surface area contributed by atoms with Gasteiger partial charge in [-0.25, -0.2) is 4.98 Å². The standard InChI is InChI=1S/C27H26BrN3O2/c1-3-4-8-26-30-25-14-11-22(28)16-24(25)27(32)31(26)29-17-20-9-12-23(13-10-20)33-18-21-7-5-6-19(2)15-21/h5-7,9-17H,3-4,8,18H2,1-2H3. The van der Waals surface area contributed by atoms with Crippen molar-refractivity contribution in [1.29, 1.82) is 0 Å². The molecule has 0 saturated heterocycles. The summed E-state index contributed by atoms with van der Waals surface area (Å²) in [5.41, 5.74) is 3.75. The number of benzene rings is 3. The second-order valence-electron chi connectivity index (χ2n) is 8.00. The minimum Gasteiger partial charge on any atom is -0.489 e. The number of fused-ring (bicyclic) bond motifs is 1. The third-order valence-corrected chi connectivity index (χ3v) is 5.81. The number of hydrogen-bond donors (Lipinski definition) is 0. The fourth-order valence-electron chi connectivity index (χ4n) is 3.55. The Kier molecular flexibility index (Phi) is 7.35. The fraction of sp³-hybridized carbons (Fsp3) is 0.222. The molecule has 4 rings (SSSR count). The van der Waals surface area contributed by atoms with E-state index in [4.69, 9.17) is 9.72 Å². The van der Waals surface area contributed by atoms with Crippen LogP contribution in [0, 0.1) is 6.92 Å². The molecule has 33 heavy (non-hydrogen) atoms. The van der Waals surface area contributed by atoms with Gasteiger partial charge in [-0.2, -0.15) is 9.78 Å². The minimum absolute atomic E-state index is 0.165. The topological polar surface area (TPSA) is 56.5 Å². The molecular weight excluding hydrogens is 478 g/mol. The van der Waals surface area contributed by atoms with Crippen molar-refractivity contribution in [3.05, 3.63) is 104 Å². The van der Waals surface area contributed by atoms with Gasteiger partial charge in [0.15, 0.2) is 0 Å². The molecule has 4 aromatic rings. The van der Waals surface area contributed by atoms with E-state index in [-0.39, 0.29) is 5.56 Å². The molecule has 0 fully saturated rings. The smallest absolute Gasteiger partial charge is 0.282 e. The van der Waals surface area contributed by atoms with Crippen LogP contribution in [0.4, 0.5) is 0 Å². The second kappa shape index (κ2) is 10.6. The Morgan fingerprint density at radius 3 is 2.67 bits per heavy atom. The number of unbranched alkanes of at least 4 members (excludes halogenated alkanes) is 1. The van der Waals surface area contributed by atoms with Gasteiger partial charge in [-0.15, -0.1) is 0 Å². The third-order valence-electron chi connectivity index (χ3n) is 5.32. The Morgan fingerprint density at radius 1 is 1.09 bits per heavy atom. The molecule has 1 aromatic heterocycles. The molecule has 0 aliphatic heterocycles. The van der Waals surface area contributed by atoms with Gasteiger partial charge < -0.3 is 4.74 Å². The van der Waals surface area contributed by atoms with Crippen molar-refractivity contribution in [2.45, 2.75) is 39.7 Å². The largest absolute Gasteiger partial charge is 0.489 e. The van der Waals surface area contributed by atoms with E-state index in [0.29, 0.717) is 29.8 Å². The number of aryl methyl sites for hydroxylation is 2. The lowest BCUT2D eigenvalue weighted by Gasteiger charge is -2.09. The molecule has 0 radical (unpaired) electrons. The maximum absolute atomic E-state index is 13.2. The van der Waals surface area contributed by atoms with Crippen LogP contribution < -0.4 is 10.3 Å². The minimum atomic E-state index is -0.165. The highest BCUT2D eigenvalue weighted by atomic mass is 79.9. The molecule has 1 heterocycles. The van der Waals surface area contributed by atoms with E-state index in [1.807, 2.05) is 42.5 Å². The van der Waals surface area contributed by atoms with E-state index in [1.54, 1.807) is 12.3 Å². The summed E-state index contributed by atoms with van der Waals surface area (Å²) < 4.78 is 8.16. The van der Waals surface area contributed by atoms with Crippen molar-refractivity contribution in [3.8, 4) is 5.75 Å². The van der Waals surface area contributed by atoms with Crippen LogP contribution in [-0.2, 0) is 13.0 Å². The predicted molar refractivity (Wildman–Crippen MR) is 137 cm³/mol. The van der Waals surface area contributed by atoms with E-state index >= 15 is 0 Å². The summed E-state index contributed by atoms with van der Waals surface area (Å²) in [6.45, 7) is 4.70. The lowest BCUT2D eigenvalue weighted by Crippen LogP contribution is -2.22. The first-order chi connectivity index (χ1) is 16.0. The molecule has 168 valence electrons. The van der Waals surface area contributed by atoms with Crippen molar-refractivity contribution < 1.29 is 4.74 Å². The zero-order valence-corrected chi connectivity index (χ0v) is 20.4. The quantitative estimate of drug-likeness (QED) is 0.266. The van der Waals surface area contributed by atoms with Gasteiger partial charge >= 0.3 is 0 Å². The molecule has 0 bridgehead atoms. The molecule has 0 atom stereocenters. The Hall–Kier alpha value is -3.25. The molecule has 0 spiro atoms. The zero-order valence-electron chi connectivity index (χ0n) is 18.8. The van der Waals surface area contributed by atoms with E-state index < -0.39 is 0 Å². The second-order valence-corrected chi connectivity index (χ2v) is 8.92. The Bertz CT molecular complexity index is 1340. The lowest BCUT2D eigenvalue weighted by atomic mass is 10.1. The van der Waals surface area contributed by atoms with E-state index in [2.05, 4.69) is 53.1 Å². The van der Waals surface area contributed by atoms with E-state index in [0.717, 1.165) is 34.2 Å². The molecule has 0 aliphatic rings. The van der Waals surface area contributed by atoms with Gasteiger partial charge in [-0.3, -0.25) is 4.79 Å². The average Bonchev–Trinajstić information content (AvgIpc) is 2.82. The van der Waals surface area contributed by atoms with Crippen LogP contribution in [0.3, 0.4) is 0 Å². The SMILES string of the molecule is CCCCc1nc2ccc(Br)cc2c(=O)n1N=Cc1ccc(OCc2cccc(C)c2)cc1. The number of rotatable bonds is 8. The predicted octanol–water partition coefficient (Wildman–Crippen LogP) is 6.27.